The lowest BCUT2D eigenvalue weighted by atomic mass is 10.5. The largest absolute Gasteiger partial charge is 0.480 e. The summed E-state index contributed by atoms with van der Waals surface area (Å²) in [4.78, 5) is 9.98. The van der Waals surface area contributed by atoms with Crippen LogP contribution in [0, 0.1) is 0 Å². The predicted octanol–water partition coefficient (Wildman–Crippen LogP) is -0.137. The molecule has 0 aliphatic rings. The summed E-state index contributed by atoms with van der Waals surface area (Å²) in [6.07, 6.45) is 3.65. The van der Waals surface area contributed by atoms with Crippen LogP contribution >= 0.6 is 0 Å². The van der Waals surface area contributed by atoms with Crippen LogP contribution in [-0.2, 0) is 9.53 Å². The van der Waals surface area contributed by atoms with E-state index in [4.69, 9.17) is 9.84 Å². The predicted molar refractivity (Wildman–Crippen MR) is 41.5 cm³/mol. The molecule has 0 aromatic rings. The Labute approximate surface area is 65.9 Å². The Hall–Kier alpha value is -0.870. The van der Waals surface area contributed by atoms with Crippen molar-refractivity contribution in [3.05, 3.63) is 12.2 Å². The van der Waals surface area contributed by atoms with Crippen molar-refractivity contribution in [3.8, 4) is 0 Å². The fourth-order valence-electron chi connectivity index (χ4n) is 0.510. The summed E-state index contributed by atoms with van der Waals surface area (Å²) in [6.45, 7) is 1.13. The van der Waals surface area contributed by atoms with Crippen molar-refractivity contribution in [3.63, 3.8) is 0 Å². The topological polar surface area (TPSA) is 58.6 Å². The first-order valence-electron chi connectivity index (χ1n) is 3.34. The standard InChI is InChI=1S/C7H13NO3/c1-11-5-3-2-4-8-6-7(9)10/h2-3,8H,4-6H2,1H3,(H,9,10)/b3-2+. The number of hydrogen-bond acceptors (Lipinski definition) is 3. The zero-order chi connectivity index (χ0) is 8.53. The van der Waals surface area contributed by atoms with Gasteiger partial charge in [-0.15, -0.1) is 0 Å². The van der Waals surface area contributed by atoms with Gasteiger partial charge in [0.1, 0.15) is 0 Å². The van der Waals surface area contributed by atoms with E-state index in [0.717, 1.165) is 0 Å². The maximum absolute atomic E-state index is 9.98. The second-order valence-electron chi connectivity index (χ2n) is 1.95. The zero-order valence-corrected chi connectivity index (χ0v) is 6.54. The fourth-order valence-corrected chi connectivity index (χ4v) is 0.510. The molecule has 0 fully saturated rings. The molecule has 0 spiro atoms. The third-order valence-corrected chi connectivity index (χ3v) is 0.968. The van der Waals surface area contributed by atoms with Crippen molar-refractivity contribution in [2.45, 2.75) is 0 Å². The molecule has 0 radical (unpaired) electrons. The fraction of sp³-hybridized carbons (Fsp3) is 0.571. The van der Waals surface area contributed by atoms with Crippen molar-refractivity contribution >= 4 is 5.97 Å². The minimum absolute atomic E-state index is 0.00266. The van der Waals surface area contributed by atoms with Gasteiger partial charge in [0, 0.05) is 13.7 Å². The number of carboxylic acid groups (broad SMARTS) is 1. The molecule has 0 aliphatic carbocycles. The summed E-state index contributed by atoms with van der Waals surface area (Å²) in [5.41, 5.74) is 0. The SMILES string of the molecule is COC/C=C/CNCC(=O)O. The van der Waals surface area contributed by atoms with Gasteiger partial charge in [-0.2, -0.15) is 0 Å². The summed E-state index contributed by atoms with van der Waals surface area (Å²) < 4.78 is 4.74. The first-order valence-corrected chi connectivity index (χ1v) is 3.34. The van der Waals surface area contributed by atoms with Crippen LogP contribution in [0.15, 0.2) is 12.2 Å². The monoisotopic (exact) mass is 159 g/mol. The van der Waals surface area contributed by atoms with Gasteiger partial charge in [-0.3, -0.25) is 4.79 Å². The van der Waals surface area contributed by atoms with Crippen molar-refractivity contribution in [2.75, 3.05) is 26.8 Å². The van der Waals surface area contributed by atoms with Crippen LogP contribution in [-0.4, -0.2) is 37.9 Å². The van der Waals surface area contributed by atoms with E-state index in [-0.39, 0.29) is 6.54 Å². The summed E-state index contributed by atoms with van der Waals surface area (Å²) in [5.74, 6) is -0.842. The second-order valence-corrected chi connectivity index (χ2v) is 1.95. The maximum atomic E-state index is 9.98. The van der Waals surface area contributed by atoms with E-state index >= 15 is 0 Å². The third kappa shape index (κ3) is 9.13. The number of ether oxygens (including phenoxy) is 1. The third-order valence-electron chi connectivity index (χ3n) is 0.968. The molecule has 0 amide bonds. The van der Waals surface area contributed by atoms with E-state index in [1.165, 1.54) is 0 Å². The van der Waals surface area contributed by atoms with E-state index in [0.29, 0.717) is 13.2 Å². The Morgan fingerprint density at radius 3 is 2.91 bits per heavy atom. The molecule has 4 nitrogen and oxygen atoms in total. The Morgan fingerprint density at radius 2 is 2.36 bits per heavy atom. The molecule has 0 unspecified atom stereocenters. The van der Waals surface area contributed by atoms with Gasteiger partial charge in [0.2, 0.25) is 0 Å². The highest BCUT2D eigenvalue weighted by atomic mass is 16.5. The number of nitrogens with one attached hydrogen (secondary N) is 1. The molecule has 0 atom stereocenters. The van der Waals surface area contributed by atoms with Crippen molar-refractivity contribution in [2.24, 2.45) is 0 Å². The van der Waals surface area contributed by atoms with Gasteiger partial charge in [-0.25, -0.2) is 0 Å². The molecule has 0 bridgehead atoms. The van der Waals surface area contributed by atoms with Gasteiger partial charge in [0.05, 0.1) is 13.2 Å². The lowest BCUT2D eigenvalue weighted by Gasteiger charge is -1.94. The lowest BCUT2D eigenvalue weighted by Crippen LogP contribution is -2.22. The Morgan fingerprint density at radius 1 is 1.64 bits per heavy atom. The van der Waals surface area contributed by atoms with Crippen molar-refractivity contribution in [1.29, 1.82) is 0 Å². The van der Waals surface area contributed by atoms with Crippen LogP contribution < -0.4 is 5.32 Å². The van der Waals surface area contributed by atoms with Crippen LogP contribution in [0.25, 0.3) is 0 Å². The van der Waals surface area contributed by atoms with Crippen LogP contribution in [0.3, 0.4) is 0 Å². The second kappa shape index (κ2) is 7.24. The number of rotatable bonds is 6. The van der Waals surface area contributed by atoms with Gasteiger partial charge in [-0.05, 0) is 0 Å². The average molecular weight is 159 g/mol. The molecular formula is C7H13NO3. The number of carboxylic acids is 1. The highest BCUT2D eigenvalue weighted by Gasteiger charge is 1.90. The molecular weight excluding hydrogens is 146 g/mol. The molecule has 0 saturated carbocycles. The normalized spacial score (nSPS) is 10.6. The first-order chi connectivity index (χ1) is 5.27. The minimum atomic E-state index is -0.842. The molecule has 0 rings (SSSR count). The average Bonchev–Trinajstić information content (AvgIpc) is 1.96. The van der Waals surface area contributed by atoms with E-state index in [2.05, 4.69) is 5.32 Å². The Kier molecular flexibility index (Phi) is 6.67. The first kappa shape index (κ1) is 10.1. The van der Waals surface area contributed by atoms with Crippen molar-refractivity contribution in [1.82, 2.24) is 5.32 Å². The van der Waals surface area contributed by atoms with Gasteiger partial charge in [0.15, 0.2) is 0 Å². The van der Waals surface area contributed by atoms with Gasteiger partial charge in [-0.1, -0.05) is 12.2 Å². The molecule has 0 heterocycles. The minimum Gasteiger partial charge on any atom is -0.480 e. The van der Waals surface area contributed by atoms with Crippen LogP contribution in [0.5, 0.6) is 0 Å². The Bertz CT molecular complexity index is 134. The van der Waals surface area contributed by atoms with E-state index < -0.39 is 5.97 Å². The van der Waals surface area contributed by atoms with E-state index in [9.17, 15) is 4.79 Å². The molecule has 2 N–H and O–H groups in total. The molecule has 0 saturated heterocycles. The molecule has 0 aromatic carbocycles. The van der Waals surface area contributed by atoms with Crippen LogP contribution in [0.2, 0.25) is 0 Å². The summed E-state index contributed by atoms with van der Waals surface area (Å²) in [7, 11) is 1.61. The number of hydrogen-bond donors (Lipinski definition) is 2. The zero-order valence-electron chi connectivity index (χ0n) is 6.54. The highest BCUT2D eigenvalue weighted by Crippen LogP contribution is 1.72. The molecule has 0 aliphatic heterocycles. The molecule has 11 heavy (non-hydrogen) atoms. The molecule has 64 valence electrons. The number of carbonyl (C=O) groups is 1. The molecule has 0 aromatic heterocycles. The number of aliphatic carboxylic acids is 1. The summed E-state index contributed by atoms with van der Waals surface area (Å²) in [5, 5.41) is 10.9. The molecule has 4 heteroatoms. The van der Waals surface area contributed by atoms with Gasteiger partial charge in [0.25, 0.3) is 0 Å². The van der Waals surface area contributed by atoms with E-state index in [1.807, 2.05) is 12.2 Å². The smallest absolute Gasteiger partial charge is 0.317 e. The highest BCUT2D eigenvalue weighted by molar-refractivity contribution is 5.68. The lowest BCUT2D eigenvalue weighted by molar-refractivity contribution is -0.135. The van der Waals surface area contributed by atoms with Crippen LogP contribution in [0.4, 0.5) is 0 Å². The van der Waals surface area contributed by atoms with Crippen LogP contribution in [0.1, 0.15) is 0 Å². The number of methoxy groups -OCH3 is 1. The van der Waals surface area contributed by atoms with Gasteiger partial charge < -0.3 is 15.2 Å². The quantitative estimate of drug-likeness (QED) is 0.418. The van der Waals surface area contributed by atoms with Crippen molar-refractivity contribution < 1.29 is 14.6 Å². The van der Waals surface area contributed by atoms with E-state index in [1.54, 1.807) is 7.11 Å². The Balaban J connectivity index is 3.07. The van der Waals surface area contributed by atoms with Gasteiger partial charge >= 0.3 is 5.97 Å². The summed E-state index contributed by atoms with van der Waals surface area (Å²) in [6, 6.07) is 0. The summed E-state index contributed by atoms with van der Waals surface area (Å²) >= 11 is 0. The maximum Gasteiger partial charge on any atom is 0.317 e.